The molecule has 2 unspecified atom stereocenters. The number of rotatable bonds is 7. The molecule has 0 aromatic rings. The highest BCUT2D eigenvalue weighted by molar-refractivity contribution is 4.83. The average Bonchev–Trinajstić information content (AvgIpc) is 2.94. The van der Waals surface area contributed by atoms with Crippen LogP contribution in [0.25, 0.3) is 0 Å². The van der Waals surface area contributed by atoms with Gasteiger partial charge >= 0.3 is 0 Å². The second kappa shape index (κ2) is 5.61. The number of nitrogens with two attached hydrogens (primary N) is 2. The van der Waals surface area contributed by atoms with Crippen LogP contribution >= 0.6 is 0 Å². The maximum absolute atomic E-state index is 5.98. The van der Waals surface area contributed by atoms with E-state index >= 15 is 0 Å². The molecule has 2 nitrogen and oxygen atoms in total. The van der Waals surface area contributed by atoms with Crippen molar-refractivity contribution in [2.24, 2.45) is 23.3 Å². The molecule has 0 aromatic heterocycles. The van der Waals surface area contributed by atoms with Crippen LogP contribution in [0.1, 0.15) is 45.4 Å². The highest BCUT2D eigenvalue weighted by atomic mass is 14.6. The van der Waals surface area contributed by atoms with Crippen LogP contribution in [0.2, 0.25) is 0 Å². The zero-order valence-electron chi connectivity index (χ0n) is 8.84. The average molecular weight is 184 g/mol. The Balaban J connectivity index is 2.20. The molecule has 0 bridgehead atoms. The molecule has 0 aliphatic heterocycles. The van der Waals surface area contributed by atoms with Gasteiger partial charge in [0.05, 0.1) is 0 Å². The number of hydrogen-bond donors (Lipinski definition) is 2. The molecule has 1 aliphatic carbocycles. The fourth-order valence-corrected chi connectivity index (χ4v) is 2.05. The van der Waals surface area contributed by atoms with Gasteiger partial charge in [-0.25, -0.2) is 0 Å². The zero-order chi connectivity index (χ0) is 9.68. The molecule has 0 aromatic carbocycles. The lowest BCUT2D eigenvalue weighted by molar-refractivity contribution is 0.354. The van der Waals surface area contributed by atoms with E-state index in [1.54, 1.807) is 0 Å². The first-order valence-electron chi connectivity index (χ1n) is 5.73. The smallest absolute Gasteiger partial charge is 0.00389 e. The third-order valence-corrected chi connectivity index (χ3v) is 3.20. The SMILES string of the molecule is CCC(N)CC(CCCN)C1CC1. The molecule has 2 atom stereocenters. The predicted molar refractivity (Wildman–Crippen MR) is 57.4 cm³/mol. The summed E-state index contributed by atoms with van der Waals surface area (Å²) in [4.78, 5) is 0. The Hall–Kier alpha value is -0.0800. The van der Waals surface area contributed by atoms with Crippen LogP contribution in [0.4, 0.5) is 0 Å². The van der Waals surface area contributed by atoms with Crippen LogP contribution in [0.15, 0.2) is 0 Å². The molecule has 1 aliphatic rings. The first-order valence-corrected chi connectivity index (χ1v) is 5.73. The van der Waals surface area contributed by atoms with E-state index in [2.05, 4.69) is 6.92 Å². The van der Waals surface area contributed by atoms with E-state index in [1.165, 1.54) is 32.1 Å². The molecule has 0 radical (unpaired) electrons. The maximum Gasteiger partial charge on any atom is 0.00389 e. The summed E-state index contributed by atoms with van der Waals surface area (Å²) in [5.41, 5.74) is 11.5. The molecule has 0 spiro atoms. The van der Waals surface area contributed by atoms with E-state index in [0.29, 0.717) is 6.04 Å². The van der Waals surface area contributed by atoms with Crippen molar-refractivity contribution in [3.8, 4) is 0 Å². The van der Waals surface area contributed by atoms with Gasteiger partial charge in [0.2, 0.25) is 0 Å². The largest absolute Gasteiger partial charge is 0.330 e. The molecular formula is C11H24N2. The molecule has 2 heteroatoms. The second-order valence-electron chi connectivity index (χ2n) is 4.43. The summed E-state index contributed by atoms with van der Waals surface area (Å²) in [7, 11) is 0. The van der Waals surface area contributed by atoms with Crippen molar-refractivity contribution in [1.82, 2.24) is 0 Å². The predicted octanol–water partition coefficient (Wildman–Crippen LogP) is 1.88. The van der Waals surface area contributed by atoms with E-state index in [9.17, 15) is 0 Å². The molecule has 4 N–H and O–H groups in total. The molecule has 13 heavy (non-hydrogen) atoms. The van der Waals surface area contributed by atoms with Gasteiger partial charge in [0.1, 0.15) is 0 Å². The third-order valence-electron chi connectivity index (χ3n) is 3.20. The minimum atomic E-state index is 0.420. The summed E-state index contributed by atoms with van der Waals surface area (Å²) in [5, 5.41) is 0. The Morgan fingerprint density at radius 1 is 1.38 bits per heavy atom. The third kappa shape index (κ3) is 4.10. The zero-order valence-corrected chi connectivity index (χ0v) is 8.84. The monoisotopic (exact) mass is 184 g/mol. The molecular weight excluding hydrogens is 160 g/mol. The second-order valence-corrected chi connectivity index (χ2v) is 4.43. The quantitative estimate of drug-likeness (QED) is 0.634. The first-order chi connectivity index (χ1) is 6.27. The minimum Gasteiger partial charge on any atom is -0.330 e. The Labute approximate surface area is 82.1 Å². The van der Waals surface area contributed by atoms with Crippen LogP contribution in [-0.2, 0) is 0 Å². The van der Waals surface area contributed by atoms with Gasteiger partial charge < -0.3 is 11.5 Å². The fraction of sp³-hybridized carbons (Fsp3) is 1.00. The van der Waals surface area contributed by atoms with Crippen LogP contribution in [0.3, 0.4) is 0 Å². The molecule has 0 amide bonds. The summed E-state index contributed by atoms with van der Waals surface area (Å²) in [5.74, 6) is 1.86. The van der Waals surface area contributed by atoms with E-state index in [1.807, 2.05) is 0 Å². The molecule has 1 saturated carbocycles. The van der Waals surface area contributed by atoms with E-state index in [4.69, 9.17) is 11.5 Å². The van der Waals surface area contributed by atoms with Gasteiger partial charge in [-0.1, -0.05) is 6.92 Å². The lowest BCUT2D eigenvalue weighted by Crippen LogP contribution is -2.24. The van der Waals surface area contributed by atoms with Crippen molar-refractivity contribution in [1.29, 1.82) is 0 Å². The molecule has 1 rings (SSSR count). The van der Waals surface area contributed by atoms with Crippen molar-refractivity contribution < 1.29 is 0 Å². The topological polar surface area (TPSA) is 52.0 Å². The van der Waals surface area contributed by atoms with E-state index in [-0.39, 0.29) is 0 Å². The Kier molecular flexibility index (Phi) is 4.74. The Morgan fingerprint density at radius 2 is 2.08 bits per heavy atom. The van der Waals surface area contributed by atoms with Gasteiger partial charge in [0.15, 0.2) is 0 Å². The minimum absolute atomic E-state index is 0.420. The van der Waals surface area contributed by atoms with Crippen molar-refractivity contribution in [3.05, 3.63) is 0 Å². The van der Waals surface area contributed by atoms with Crippen LogP contribution < -0.4 is 11.5 Å². The van der Waals surface area contributed by atoms with Crippen LogP contribution in [-0.4, -0.2) is 12.6 Å². The summed E-state index contributed by atoms with van der Waals surface area (Å²) >= 11 is 0. The van der Waals surface area contributed by atoms with E-state index in [0.717, 1.165) is 24.8 Å². The van der Waals surface area contributed by atoms with Gasteiger partial charge in [-0.05, 0) is 56.9 Å². The fourth-order valence-electron chi connectivity index (χ4n) is 2.05. The summed E-state index contributed by atoms with van der Waals surface area (Å²) in [6.07, 6.45) is 7.69. The maximum atomic E-state index is 5.98. The highest BCUT2D eigenvalue weighted by Gasteiger charge is 2.31. The van der Waals surface area contributed by atoms with Gasteiger partial charge in [-0.15, -0.1) is 0 Å². The first kappa shape index (κ1) is 11.0. The van der Waals surface area contributed by atoms with Crippen LogP contribution in [0, 0.1) is 11.8 Å². The van der Waals surface area contributed by atoms with Gasteiger partial charge in [-0.2, -0.15) is 0 Å². The standard InChI is InChI=1S/C11H24N2/c1-2-11(13)8-10(4-3-7-12)9-5-6-9/h9-11H,2-8,12-13H2,1H3. The van der Waals surface area contributed by atoms with Gasteiger partial charge in [-0.3, -0.25) is 0 Å². The van der Waals surface area contributed by atoms with Crippen molar-refractivity contribution in [2.45, 2.75) is 51.5 Å². The lowest BCUT2D eigenvalue weighted by atomic mass is 9.90. The normalized spacial score (nSPS) is 21.5. The molecule has 78 valence electrons. The summed E-state index contributed by atoms with van der Waals surface area (Å²) in [6.45, 7) is 3.02. The lowest BCUT2D eigenvalue weighted by Gasteiger charge is -2.19. The molecule has 0 heterocycles. The van der Waals surface area contributed by atoms with Crippen molar-refractivity contribution in [3.63, 3.8) is 0 Å². The highest BCUT2D eigenvalue weighted by Crippen LogP contribution is 2.41. The van der Waals surface area contributed by atoms with Crippen molar-refractivity contribution in [2.75, 3.05) is 6.54 Å². The number of hydrogen-bond acceptors (Lipinski definition) is 2. The molecule has 1 fully saturated rings. The summed E-state index contributed by atoms with van der Waals surface area (Å²) < 4.78 is 0. The van der Waals surface area contributed by atoms with Gasteiger partial charge in [0.25, 0.3) is 0 Å². The Bertz CT molecular complexity index is 132. The van der Waals surface area contributed by atoms with Crippen LogP contribution in [0.5, 0.6) is 0 Å². The molecule has 0 saturated heterocycles. The van der Waals surface area contributed by atoms with E-state index < -0.39 is 0 Å². The summed E-state index contributed by atoms with van der Waals surface area (Å²) in [6, 6.07) is 0.420. The van der Waals surface area contributed by atoms with Crippen molar-refractivity contribution >= 4 is 0 Å². The Morgan fingerprint density at radius 3 is 2.54 bits per heavy atom. The van der Waals surface area contributed by atoms with Gasteiger partial charge in [0, 0.05) is 6.04 Å².